The molecule has 2 aromatic rings. The van der Waals surface area contributed by atoms with Crippen molar-refractivity contribution in [2.45, 2.75) is 12.8 Å². The fraction of sp³-hybridized carbons (Fsp3) is 0.235. The number of hydrogen-bond donors (Lipinski definition) is 2. The summed E-state index contributed by atoms with van der Waals surface area (Å²) in [6, 6.07) is 14.0. The molecule has 0 heterocycles. The van der Waals surface area contributed by atoms with Crippen molar-refractivity contribution < 1.29 is 9.18 Å². The van der Waals surface area contributed by atoms with Crippen molar-refractivity contribution in [3.8, 4) is 0 Å². The fourth-order valence-corrected chi connectivity index (χ4v) is 2.26. The van der Waals surface area contributed by atoms with Crippen LogP contribution in [0.2, 0.25) is 5.02 Å². The third kappa shape index (κ3) is 5.37. The maximum absolute atomic E-state index is 13.4. The van der Waals surface area contributed by atoms with Crippen molar-refractivity contribution in [2.24, 2.45) is 0 Å². The fourth-order valence-electron chi connectivity index (χ4n) is 2.04. The maximum atomic E-state index is 13.4. The van der Waals surface area contributed by atoms with E-state index in [1.54, 1.807) is 18.2 Å². The number of hydrogen-bond acceptors (Lipinski definition) is 2. The molecule has 0 aliphatic rings. The Morgan fingerprint density at radius 3 is 2.68 bits per heavy atom. The van der Waals surface area contributed by atoms with Crippen molar-refractivity contribution in [2.75, 3.05) is 18.4 Å². The predicted molar refractivity (Wildman–Crippen MR) is 87.7 cm³/mol. The van der Waals surface area contributed by atoms with E-state index >= 15 is 0 Å². The molecule has 3 nitrogen and oxygen atoms in total. The number of amides is 1. The molecule has 0 atom stereocenters. The van der Waals surface area contributed by atoms with E-state index in [4.69, 9.17) is 11.6 Å². The number of benzene rings is 2. The van der Waals surface area contributed by atoms with Gasteiger partial charge < -0.3 is 10.6 Å². The molecular formula is C17H18ClFN2O. The SMILES string of the molecule is O=C(CCNc1ccccc1F)NCCc1cccc(Cl)c1. The third-order valence-electron chi connectivity index (χ3n) is 3.17. The maximum Gasteiger partial charge on any atom is 0.221 e. The van der Waals surface area contributed by atoms with Crippen LogP contribution >= 0.6 is 11.6 Å². The van der Waals surface area contributed by atoms with Crippen LogP contribution in [0.5, 0.6) is 0 Å². The Morgan fingerprint density at radius 2 is 1.91 bits per heavy atom. The normalized spacial score (nSPS) is 10.3. The average molecular weight is 321 g/mol. The van der Waals surface area contributed by atoms with Crippen LogP contribution in [0.1, 0.15) is 12.0 Å². The molecular weight excluding hydrogens is 303 g/mol. The van der Waals surface area contributed by atoms with Gasteiger partial charge in [0, 0.05) is 24.5 Å². The monoisotopic (exact) mass is 320 g/mol. The Hall–Kier alpha value is -2.07. The Morgan fingerprint density at radius 1 is 1.09 bits per heavy atom. The van der Waals surface area contributed by atoms with Gasteiger partial charge in [-0.25, -0.2) is 4.39 Å². The molecule has 116 valence electrons. The molecule has 0 unspecified atom stereocenters. The lowest BCUT2D eigenvalue weighted by Gasteiger charge is -2.08. The van der Waals surface area contributed by atoms with E-state index in [-0.39, 0.29) is 11.7 Å². The van der Waals surface area contributed by atoms with Gasteiger partial charge in [-0.15, -0.1) is 0 Å². The Balaban J connectivity index is 1.65. The highest BCUT2D eigenvalue weighted by Crippen LogP contribution is 2.12. The predicted octanol–water partition coefficient (Wildman–Crippen LogP) is 3.64. The van der Waals surface area contributed by atoms with E-state index in [9.17, 15) is 9.18 Å². The smallest absolute Gasteiger partial charge is 0.221 e. The van der Waals surface area contributed by atoms with E-state index < -0.39 is 0 Å². The van der Waals surface area contributed by atoms with Gasteiger partial charge in [-0.05, 0) is 36.2 Å². The van der Waals surface area contributed by atoms with Gasteiger partial charge in [0.15, 0.2) is 0 Å². The number of rotatable bonds is 7. The van der Waals surface area contributed by atoms with Gasteiger partial charge in [-0.3, -0.25) is 4.79 Å². The van der Waals surface area contributed by atoms with Gasteiger partial charge in [0.2, 0.25) is 5.91 Å². The topological polar surface area (TPSA) is 41.1 Å². The molecule has 22 heavy (non-hydrogen) atoms. The van der Waals surface area contributed by atoms with E-state index in [0.29, 0.717) is 30.2 Å². The van der Waals surface area contributed by atoms with Gasteiger partial charge in [0.25, 0.3) is 0 Å². The molecule has 0 spiro atoms. The standard InChI is InChI=1S/C17H18ClFN2O/c18-14-5-3-4-13(12-14)8-10-21-17(22)9-11-20-16-7-2-1-6-15(16)19/h1-7,12,20H,8-11H2,(H,21,22). The van der Waals surface area contributed by atoms with Gasteiger partial charge in [0.05, 0.1) is 5.69 Å². The first-order valence-corrected chi connectivity index (χ1v) is 7.52. The summed E-state index contributed by atoms with van der Waals surface area (Å²) in [6.07, 6.45) is 1.02. The van der Waals surface area contributed by atoms with Crippen LogP contribution in [-0.2, 0) is 11.2 Å². The summed E-state index contributed by atoms with van der Waals surface area (Å²) in [5.74, 6) is -0.380. The second-order valence-corrected chi connectivity index (χ2v) is 5.32. The van der Waals surface area contributed by atoms with Gasteiger partial charge in [-0.1, -0.05) is 35.9 Å². The Bertz CT molecular complexity index is 634. The zero-order valence-electron chi connectivity index (χ0n) is 12.1. The van der Waals surface area contributed by atoms with Crippen LogP contribution in [-0.4, -0.2) is 19.0 Å². The summed E-state index contributed by atoms with van der Waals surface area (Å²) < 4.78 is 13.4. The summed E-state index contributed by atoms with van der Waals surface area (Å²) in [5.41, 5.74) is 1.49. The molecule has 0 aromatic heterocycles. The molecule has 1 amide bonds. The minimum Gasteiger partial charge on any atom is -0.382 e. The third-order valence-corrected chi connectivity index (χ3v) is 3.40. The summed E-state index contributed by atoms with van der Waals surface area (Å²) in [7, 11) is 0. The molecule has 2 rings (SSSR count). The molecule has 0 saturated carbocycles. The van der Waals surface area contributed by atoms with Crippen LogP contribution in [0, 0.1) is 5.82 Å². The molecule has 2 N–H and O–H groups in total. The van der Waals surface area contributed by atoms with Crippen molar-refractivity contribution in [3.63, 3.8) is 0 Å². The van der Waals surface area contributed by atoms with Crippen LogP contribution < -0.4 is 10.6 Å². The number of halogens is 2. The van der Waals surface area contributed by atoms with E-state index in [1.165, 1.54) is 6.07 Å². The number of carbonyl (C=O) groups excluding carboxylic acids is 1. The Labute approximate surface area is 134 Å². The van der Waals surface area contributed by atoms with Crippen LogP contribution in [0.25, 0.3) is 0 Å². The number of anilines is 1. The lowest BCUT2D eigenvalue weighted by atomic mass is 10.1. The van der Waals surface area contributed by atoms with Crippen LogP contribution in [0.4, 0.5) is 10.1 Å². The number of nitrogens with one attached hydrogen (secondary N) is 2. The molecule has 5 heteroatoms. The minimum absolute atomic E-state index is 0.0640. The molecule has 0 bridgehead atoms. The van der Waals surface area contributed by atoms with Crippen LogP contribution in [0.3, 0.4) is 0 Å². The summed E-state index contributed by atoms with van der Waals surface area (Å²) >= 11 is 5.90. The highest BCUT2D eigenvalue weighted by Gasteiger charge is 2.03. The quantitative estimate of drug-likeness (QED) is 0.817. The molecule has 0 radical (unpaired) electrons. The van der Waals surface area contributed by atoms with Crippen molar-refractivity contribution >= 4 is 23.2 Å². The second-order valence-electron chi connectivity index (χ2n) is 4.89. The lowest BCUT2D eigenvalue weighted by molar-refractivity contribution is -0.120. The minimum atomic E-state index is -0.316. The first kappa shape index (κ1) is 16.3. The molecule has 0 saturated heterocycles. The number of carbonyl (C=O) groups is 1. The lowest BCUT2D eigenvalue weighted by Crippen LogP contribution is -2.27. The van der Waals surface area contributed by atoms with E-state index in [0.717, 1.165) is 12.0 Å². The summed E-state index contributed by atoms with van der Waals surface area (Å²) in [6.45, 7) is 0.947. The Kier molecular flexibility index (Phi) is 6.22. The first-order valence-electron chi connectivity index (χ1n) is 7.15. The van der Waals surface area contributed by atoms with Crippen molar-refractivity contribution in [1.29, 1.82) is 0 Å². The average Bonchev–Trinajstić information content (AvgIpc) is 2.49. The highest BCUT2D eigenvalue weighted by atomic mass is 35.5. The van der Waals surface area contributed by atoms with Crippen LogP contribution in [0.15, 0.2) is 48.5 Å². The summed E-state index contributed by atoms with van der Waals surface area (Å²) in [4.78, 5) is 11.7. The second kappa shape index (κ2) is 8.39. The summed E-state index contributed by atoms with van der Waals surface area (Å²) in [5, 5.41) is 6.43. The zero-order valence-corrected chi connectivity index (χ0v) is 12.9. The molecule has 2 aromatic carbocycles. The van der Waals surface area contributed by atoms with Gasteiger partial charge >= 0.3 is 0 Å². The van der Waals surface area contributed by atoms with E-state index in [2.05, 4.69) is 10.6 Å². The number of para-hydroxylation sites is 1. The first-order chi connectivity index (χ1) is 10.6. The van der Waals surface area contributed by atoms with Crippen molar-refractivity contribution in [1.82, 2.24) is 5.32 Å². The van der Waals surface area contributed by atoms with Gasteiger partial charge in [-0.2, -0.15) is 0 Å². The molecule has 0 aliphatic carbocycles. The molecule has 0 aliphatic heterocycles. The largest absolute Gasteiger partial charge is 0.382 e. The van der Waals surface area contributed by atoms with Crippen molar-refractivity contribution in [3.05, 3.63) is 64.9 Å². The zero-order chi connectivity index (χ0) is 15.8. The van der Waals surface area contributed by atoms with E-state index in [1.807, 2.05) is 24.3 Å². The molecule has 0 fully saturated rings. The van der Waals surface area contributed by atoms with Gasteiger partial charge in [0.1, 0.15) is 5.82 Å². The highest BCUT2D eigenvalue weighted by molar-refractivity contribution is 6.30.